The molecular formula is C17H24N2O2. The third-order valence-corrected chi connectivity index (χ3v) is 4.70. The van der Waals surface area contributed by atoms with Crippen molar-refractivity contribution in [2.24, 2.45) is 23.5 Å². The van der Waals surface area contributed by atoms with Gasteiger partial charge >= 0.3 is 0 Å². The summed E-state index contributed by atoms with van der Waals surface area (Å²) in [5, 5.41) is 12.3. The Hall–Kier alpha value is -1.55. The fourth-order valence-corrected chi connectivity index (χ4v) is 3.10. The van der Waals surface area contributed by atoms with Crippen molar-refractivity contribution in [3.63, 3.8) is 0 Å². The fraction of sp³-hybridized carbons (Fsp3) is 0.588. The molecule has 2 aliphatic rings. The summed E-state index contributed by atoms with van der Waals surface area (Å²) in [6.07, 6.45) is 5.82. The highest BCUT2D eigenvalue weighted by molar-refractivity contribution is 5.81. The third kappa shape index (κ3) is 3.97. The molecule has 4 N–H and O–H groups in total. The molecule has 0 bridgehead atoms. The second-order valence-corrected chi connectivity index (χ2v) is 6.56. The molecule has 1 atom stereocenters. The number of hydrogen-bond acceptors (Lipinski definition) is 3. The second-order valence-electron chi connectivity index (χ2n) is 6.56. The van der Waals surface area contributed by atoms with Gasteiger partial charge < -0.3 is 16.2 Å². The molecule has 114 valence electrons. The first-order valence-electron chi connectivity index (χ1n) is 7.94. The van der Waals surface area contributed by atoms with Gasteiger partial charge in [0.05, 0.1) is 6.04 Å². The van der Waals surface area contributed by atoms with Crippen molar-refractivity contribution in [1.29, 1.82) is 0 Å². The Morgan fingerprint density at radius 2 is 1.76 bits per heavy atom. The minimum atomic E-state index is -0.520. The van der Waals surface area contributed by atoms with Crippen molar-refractivity contribution in [2.45, 2.75) is 38.1 Å². The van der Waals surface area contributed by atoms with Crippen molar-refractivity contribution in [1.82, 2.24) is 5.32 Å². The van der Waals surface area contributed by atoms with E-state index in [1.54, 1.807) is 24.3 Å². The monoisotopic (exact) mass is 288 g/mol. The average Bonchev–Trinajstić information content (AvgIpc) is 3.35. The van der Waals surface area contributed by atoms with Crippen molar-refractivity contribution in [3.05, 3.63) is 29.8 Å². The van der Waals surface area contributed by atoms with Crippen LogP contribution in [0.15, 0.2) is 24.3 Å². The highest BCUT2D eigenvalue weighted by Crippen LogP contribution is 2.48. The number of hydrogen-bond donors (Lipinski definition) is 3. The number of nitrogens with two attached hydrogens (primary N) is 1. The van der Waals surface area contributed by atoms with E-state index in [1.807, 2.05) is 0 Å². The molecule has 2 aliphatic carbocycles. The van der Waals surface area contributed by atoms with E-state index in [1.165, 1.54) is 25.7 Å². The minimum Gasteiger partial charge on any atom is -0.508 e. The standard InChI is InChI=1S/C17H24N2O2/c18-16(9-11-1-7-14(20)8-2-11)17(21)19-10-15(12-3-4-12)13-5-6-13/h1-2,7-8,12-13,15-16,20H,3-6,9-10,18H2,(H,19,21)/t16-/m1/s1. The number of carbonyl (C=O) groups excluding carboxylic acids is 1. The summed E-state index contributed by atoms with van der Waals surface area (Å²) in [6.45, 7) is 0.789. The molecule has 0 radical (unpaired) electrons. The molecule has 0 unspecified atom stereocenters. The van der Waals surface area contributed by atoms with Crippen LogP contribution in [-0.4, -0.2) is 23.6 Å². The first-order valence-corrected chi connectivity index (χ1v) is 7.94. The Balaban J connectivity index is 1.46. The van der Waals surface area contributed by atoms with Crippen LogP contribution >= 0.6 is 0 Å². The largest absolute Gasteiger partial charge is 0.508 e. The fourth-order valence-electron chi connectivity index (χ4n) is 3.10. The lowest BCUT2D eigenvalue weighted by molar-refractivity contribution is -0.122. The van der Waals surface area contributed by atoms with Gasteiger partial charge in [-0.1, -0.05) is 12.1 Å². The number of aromatic hydroxyl groups is 1. The molecular weight excluding hydrogens is 264 g/mol. The van der Waals surface area contributed by atoms with Gasteiger partial charge in [0.15, 0.2) is 0 Å². The lowest BCUT2D eigenvalue weighted by Gasteiger charge is -2.18. The molecule has 0 spiro atoms. The van der Waals surface area contributed by atoms with Gasteiger partial charge in [-0.3, -0.25) is 4.79 Å². The number of rotatable bonds is 7. The molecule has 0 aromatic heterocycles. The van der Waals surface area contributed by atoms with Crippen molar-refractivity contribution >= 4 is 5.91 Å². The van der Waals surface area contributed by atoms with E-state index < -0.39 is 6.04 Å². The Labute approximate surface area is 125 Å². The zero-order valence-corrected chi connectivity index (χ0v) is 12.3. The van der Waals surface area contributed by atoms with E-state index in [9.17, 15) is 9.90 Å². The van der Waals surface area contributed by atoms with Crippen LogP contribution in [-0.2, 0) is 11.2 Å². The number of phenolic OH excluding ortho intramolecular Hbond substituents is 1. The SMILES string of the molecule is N[C@H](Cc1ccc(O)cc1)C(=O)NCC(C1CC1)C1CC1. The molecule has 4 nitrogen and oxygen atoms in total. The van der Waals surface area contributed by atoms with Crippen molar-refractivity contribution < 1.29 is 9.90 Å². The summed E-state index contributed by atoms with van der Waals surface area (Å²) in [6, 6.07) is 6.33. The quantitative estimate of drug-likeness (QED) is 0.716. The molecule has 1 amide bonds. The van der Waals surface area contributed by atoms with E-state index >= 15 is 0 Å². The van der Waals surface area contributed by atoms with E-state index in [-0.39, 0.29) is 11.7 Å². The Bertz CT molecular complexity index is 480. The Kier molecular flexibility index (Phi) is 4.15. The zero-order valence-electron chi connectivity index (χ0n) is 12.3. The number of carbonyl (C=O) groups is 1. The van der Waals surface area contributed by atoms with Gasteiger partial charge in [-0.15, -0.1) is 0 Å². The molecule has 1 aromatic carbocycles. The second kappa shape index (κ2) is 6.06. The highest BCUT2D eigenvalue weighted by Gasteiger charge is 2.41. The number of amides is 1. The first kappa shape index (κ1) is 14.4. The van der Waals surface area contributed by atoms with Gasteiger partial charge in [0.1, 0.15) is 5.75 Å². The van der Waals surface area contributed by atoms with Crippen LogP contribution < -0.4 is 11.1 Å². The van der Waals surface area contributed by atoms with E-state index in [2.05, 4.69) is 5.32 Å². The zero-order chi connectivity index (χ0) is 14.8. The van der Waals surface area contributed by atoms with E-state index in [0.29, 0.717) is 12.3 Å². The first-order chi connectivity index (χ1) is 10.1. The van der Waals surface area contributed by atoms with Gasteiger partial charge in [-0.05, 0) is 67.6 Å². The molecule has 3 rings (SSSR count). The van der Waals surface area contributed by atoms with Crippen molar-refractivity contribution in [3.8, 4) is 5.75 Å². The van der Waals surface area contributed by atoms with Gasteiger partial charge in [-0.25, -0.2) is 0 Å². The predicted molar refractivity (Wildman–Crippen MR) is 81.7 cm³/mol. The molecule has 0 aliphatic heterocycles. The van der Waals surface area contributed by atoms with Crippen LogP contribution in [0.3, 0.4) is 0 Å². The van der Waals surface area contributed by atoms with Gasteiger partial charge in [0.25, 0.3) is 0 Å². The summed E-state index contributed by atoms with van der Waals surface area (Å²) >= 11 is 0. The van der Waals surface area contributed by atoms with Crippen LogP contribution in [0.1, 0.15) is 31.2 Å². The molecule has 0 saturated heterocycles. The molecule has 4 heteroatoms. The smallest absolute Gasteiger partial charge is 0.237 e. The van der Waals surface area contributed by atoms with Gasteiger partial charge in [0.2, 0.25) is 5.91 Å². The summed E-state index contributed by atoms with van der Waals surface area (Å²) in [7, 11) is 0. The molecule has 0 heterocycles. The molecule has 2 saturated carbocycles. The average molecular weight is 288 g/mol. The van der Waals surface area contributed by atoms with Crippen molar-refractivity contribution in [2.75, 3.05) is 6.54 Å². The minimum absolute atomic E-state index is 0.0608. The summed E-state index contributed by atoms with van der Waals surface area (Å²) < 4.78 is 0. The normalized spacial score (nSPS) is 19.5. The Morgan fingerprint density at radius 1 is 1.19 bits per heavy atom. The predicted octanol–water partition coefficient (Wildman–Crippen LogP) is 1.81. The molecule has 21 heavy (non-hydrogen) atoms. The molecule has 1 aromatic rings. The third-order valence-electron chi connectivity index (χ3n) is 4.70. The maximum Gasteiger partial charge on any atom is 0.237 e. The number of phenols is 1. The van der Waals surface area contributed by atoms with Crippen LogP contribution in [0, 0.1) is 17.8 Å². The number of benzene rings is 1. The van der Waals surface area contributed by atoms with E-state index in [4.69, 9.17) is 5.73 Å². The van der Waals surface area contributed by atoms with E-state index in [0.717, 1.165) is 23.9 Å². The van der Waals surface area contributed by atoms with Gasteiger partial charge in [0, 0.05) is 6.54 Å². The maximum atomic E-state index is 12.1. The van der Waals surface area contributed by atoms with Gasteiger partial charge in [-0.2, -0.15) is 0 Å². The summed E-state index contributed by atoms with van der Waals surface area (Å²) in [5.74, 6) is 2.52. The van der Waals surface area contributed by atoms with Crippen LogP contribution in [0.4, 0.5) is 0 Å². The maximum absolute atomic E-state index is 12.1. The lowest BCUT2D eigenvalue weighted by Crippen LogP contribution is -2.44. The summed E-state index contributed by atoms with van der Waals surface area (Å²) in [5.41, 5.74) is 6.95. The van der Waals surface area contributed by atoms with Crippen LogP contribution in [0.2, 0.25) is 0 Å². The highest BCUT2D eigenvalue weighted by atomic mass is 16.3. The van der Waals surface area contributed by atoms with Crippen LogP contribution in [0.25, 0.3) is 0 Å². The molecule has 2 fully saturated rings. The Morgan fingerprint density at radius 3 is 2.29 bits per heavy atom. The number of nitrogens with one attached hydrogen (secondary N) is 1. The summed E-state index contributed by atoms with van der Waals surface area (Å²) in [4.78, 5) is 12.1. The lowest BCUT2D eigenvalue weighted by atomic mass is 9.97. The van der Waals surface area contributed by atoms with Crippen LogP contribution in [0.5, 0.6) is 5.75 Å². The topological polar surface area (TPSA) is 75.3 Å².